The predicted molar refractivity (Wildman–Crippen MR) is 110 cm³/mol. The molecule has 0 N–H and O–H groups in total. The van der Waals surface area contributed by atoms with E-state index in [2.05, 4.69) is 4.74 Å². The first-order valence-electron chi connectivity index (χ1n) is 8.40. The Morgan fingerprint density at radius 2 is 1.93 bits per heavy atom. The van der Waals surface area contributed by atoms with Crippen LogP contribution in [0.5, 0.6) is 11.5 Å². The number of thiocarbonyl (C=S) groups is 1. The standard InChI is InChI=1S/C20H17F2NO3S2/c1-25-16-11-14(7-8-15(16)26-19(21)22)12-17-18(24)23(20(27)28-17)10-9-13-5-3-2-4-6-13/h2-8,11-12,19H,9-10H2,1H3/b17-12-. The number of hydrogen-bond acceptors (Lipinski definition) is 5. The van der Waals surface area contributed by atoms with E-state index in [-0.39, 0.29) is 17.4 Å². The Hall–Kier alpha value is -2.45. The lowest BCUT2D eigenvalue weighted by Crippen LogP contribution is -2.30. The zero-order valence-electron chi connectivity index (χ0n) is 14.9. The molecule has 28 heavy (non-hydrogen) atoms. The van der Waals surface area contributed by atoms with Crippen molar-refractivity contribution in [1.29, 1.82) is 0 Å². The fraction of sp³-hybridized carbons (Fsp3) is 0.200. The van der Waals surface area contributed by atoms with Gasteiger partial charge in [-0.15, -0.1) is 0 Å². The van der Waals surface area contributed by atoms with E-state index in [1.165, 1.54) is 31.0 Å². The van der Waals surface area contributed by atoms with Crippen molar-refractivity contribution in [1.82, 2.24) is 4.90 Å². The summed E-state index contributed by atoms with van der Waals surface area (Å²) in [7, 11) is 1.36. The van der Waals surface area contributed by atoms with Gasteiger partial charge in [-0.2, -0.15) is 8.78 Å². The summed E-state index contributed by atoms with van der Waals surface area (Å²) in [6.45, 7) is -2.45. The molecule has 1 aliphatic rings. The summed E-state index contributed by atoms with van der Waals surface area (Å²) in [5, 5.41) is 0. The molecule has 0 aromatic heterocycles. The molecule has 0 bridgehead atoms. The quantitative estimate of drug-likeness (QED) is 0.477. The van der Waals surface area contributed by atoms with E-state index in [0.29, 0.717) is 27.8 Å². The van der Waals surface area contributed by atoms with Crippen LogP contribution in [-0.4, -0.2) is 35.4 Å². The van der Waals surface area contributed by atoms with Gasteiger partial charge in [-0.05, 0) is 35.8 Å². The van der Waals surface area contributed by atoms with Crippen LogP contribution in [0.25, 0.3) is 6.08 Å². The van der Waals surface area contributed by atoms with E-state index in [4.69, 9.17) is 17.0 Å². The summed E-state index contributed by atoms with van der Waals surface area (Å²) in [6, 6.07) is 14.4. The minimum Gasteiger partial charge on any atom is -0.493 e. The minimum absolute atomic E-state index is 0.0648. The lowest BCUT2D eigenvalue weighted by atomic mass is 10.1. The molecule has 2 aromatic rings. The molecule has 8 heteroatoms. The second-order valence-corrected chi connectivity index (χ2v) is 7.53. The van der Waals surface area contributed by atoms with Crippen LogP contribution in [-0.2, 0) is 11.2 Å². The topological polar surface area (TPSA) is 38.8 Å². The van der Waals surface area contributed by atoms with Gasteiger partial charge >= 0.3 is 6.61 Å². The first-order valence-corrected chi connectivity index (χ1v) is 9.62. The smallest absolute Gasteiger partial charge is 0.387 e. The number of nitrogens with zero attached hydrogens (tertiary/aromatic N) is 1. The number of carbonyl (C=O) groups excluding carboxylic acids is 1. The Morgan fingerprint density at radius 3 is 2.61 bits per heavy atom. The predicted octanol–water partition coefficient (Wildman–Crippen LogP) is 4.74. The largest absolute Gasteiger partial charge is 0.493 e. The van der Waals surface area contributed by atoms with Gasteiger partial charge in [-0.25, -0.2) is 0 Å². The van der Waals surface area contributed by atoms with Crippen LogP contribution < -0.4 is 9.47 Å². The number of methoxy groups -OCH3 is 1. The number of thioether (sulfide) groups is 1. The molecule has 1 fully saturated rings. The summed E-state index contributed by atoms with van der Waals surface area (Å²) in [5.41, 5.74) is 1.75. The Bertz CT molecular complexity index is 904. The third-order valence-corrected chi connectivity index (χ3v) is 5.42. The van der Waals surface area contributed by atoms with Gasteiger partial charge in [0.25, 0.3) is 5.91 Å². The Labute approximate surface area is 171 Å². The van der Waals surface area contributed by atoms with E-state index < -0.39 is 6.61 Å². The van der Waals surface area contributed by atoms with Gasteiger partial charge in [0.2, 0.25) is 0 Å². The second-order valence-electron chi connectivity index (χ2n) is 5.86. The van der Waals surface area contributed by atoms with Crippen molar-refractivity contribution in [3.63, 3.8) is 0 Å². The number of carbonyl (C=O) groups is 1. The van der Waals surface area contributed by atoms with Gasteiger partial charge in [0.1, 0.15) is 4.32 Å². The van der Waals surface area contributed by atoms with Crippen molar-refractivity contribution in [3.05, 3.63) is 64.6 Å². The molecule has 0 radical (unpaired) electrons. The summed E-state index contributed by atoms with van der Waals surface area (Å²) in [6.07, 6.45) is 2.37. The highest BCUT2D eigenvalue weighted by atomic mass is 32.2. The molecular formula is C20H17F2NO3S2. The molecule has 1 amide bonds. The zero-order valence-corrected chi connectivity index (χ0v) is 16.6. The van der Waals surface area contributed by atoms with E-state index in [1.807, 2.05) is 30.3 Å². The van der Waals surface area contributed by atoms with Crippen LogP contribution in [0.15, 0.2) is 53.4 Å². The van der Waals surface area contributed by atoms with Gasteiger partial charge < -0.3 is 9.47 Å². The average Bonchev–Trinajstić information content (AvgIpc) is 2.94. The maximum atomic E-state index is 12.7. The Morgan fingerprint density at radius 1 is 1.18 bits per heavy atom. The molecule has 0 aliphatic carbocycles. The lowest BCUT2D eigenvalue weighted by molar-refractivity contribution is -0.122. The maximum absolute atomic E-state index is 12.7. The van der Waals surface area contributed by atoms with Gasteiger partial charge in [-0.3, -0.25) is 9.69 Å². The lowest BCUT2D eigenvalue weighted by Gasteiger charge is -2.14. The normalized spacial score (nSPS) is 15.6. The van der Waals surface area contributed by atoms with Crippen molar-refractivity contribution in [2.24, 2.45) is 0 Å². The van der Waals surface area contributed by atoms with Crippen LogP contribution in [0.2, 0.25) is 0 Å². The molecule has 4 nitrogen and oxygen atoms in total. The molecule has 146 valence electrons. The molecule has 3 rings (SSSR count). The van der Waals surface area contributed by atoms with Crippen LogP contribution in [0.1, 0.15) is 11.1 Å². The number of hydrogen-bond donors (Lipinski definition) is 0. The van der Waals surface area contributed by atoms with Crippen molar-refractivity contribution < 1.29 is 23.0 Å². The summed E-state index contributed by atoms with van der Waals surface area (Å²) in [5.74, 6) is -0.0727. The van der Waals surface area contributed by atoms with E-state index in [1.54, 1.807) is 17.0 Å². The molecule has 1 aliphatic heterocycles. The summed E-state index contributed by atoms with van der Waals surface area (Å²) < 4.78 is 34.9. The molecule has 0 unspecified atom stereocenters. The molecule has 2 aromatic carbocycles. The van der Waals surface area contributed by atoms with Crippen LogP contribution in [0, 0.1) is 0 Å². The minimum atomic E-state index is -2.94. The maximum Gasteiger partial charge on any atom is 0.387 e. The van der Waals surface area contributed by atoms with E-state index in [9.17, 15) is 13.6 Å². The Balaban J connectivity index is 1.74. The van der Waals surface area contributed by atoms with Crippen LogP contribution in [0.3, 0.4) is 0 Å². The zero-order chi connectivity index (χ0) is 20.1. The number of ether oxygens (including phenoxy) is 2. The van der Waals surface area contributed by atoms with Crippen molar-refractivity contribution >= 4 is 40.3 Å². The molecule has 1 saturated heterocycles. The molecule has 0 saturated carbocycles. The first-order chi connectivity index (χ1) is 13.5. The summed E-state index contributed by atoms with van der Waals surface area (Å²) >= 11 is 6.56. The molecular weight excluding hydrogens is 404 g/mol. The fourth-order valence-corrected chi connectivity index (χ4v) is 4.01. The van der Waals surface area contributed by atoms with Gasteiger partial charge in [0, 0.05) is 6.54 Å². The van der Waals surface area contributed by atoms with Crippen molar-refractivity contribution in [3.8, 4) is 11.5 Å². The highest BCUT2D eigenvalue weighted by Crippen LogP contribution is 2.35. The highest BCUT2D eigenvalue weighted by Gasteiger charge is 2.31. The summed E-state index contributed by atoms with van der Waals surface area (Å²) in [4.78, 5) is 14.8. The number of halogens is 2. The van der Waals surface area contributed by atoms with Crippen molar-refractivity contribution in [2.45, 2.75) is 13.0 Å². The number of benzene rings is 2. The molecule has 0 atom stereocenters. The van der Waals surface area contributed by atoms with Gasteiger partial charge in [0.15, 0.2) is 11.5 Å². The van der Waals surface area contributed by atoms with Crippen LogP contribution in [0.4, 0.5) is 8.78 Å². The van der Waals surface area contributed by atoms with Gasteiger partial charge in [0.05, 0.1) is 12.0 Å². The molecule has 1 heterocycles. The number of rotatable bonds is 7. The third-order valence-electron chi connectivity index (χ3n) is 4.04. The van der Waals surface area contributed by atoms with Gasteiger partial charge in [-0.1, -0.05) is 60.4 Å². The van der Waals surface area contributed by atoms with E-state index >= 15 is 0 Å². The number of alkyl halides is 2. The third kappa shape index (κ3) is 4.88. The monoisotopic (exact) mass is 421 g/mol. The number of amides is 1. The van der Waals surface area contributed by atoms with Crippen molar-refractivity contribution in [2.75, 3.05) is 13.7 Å². The fourth-order valence-electron chi connectivity index (χ4n) is 2.70. The SMILES string of the molecule is COc1cc(/C=C2\SC(=S)N(CCc3ccccc3)C2=O)ccc1OC(F)F. The first kappa shape index (κ1) is 20.3. The Kier molecular flexibility index (Phi) is 6.64. The second kappa shape index (κ2) is 9.16. The van der Waals surface area contributed by atoms with Crippen LogP contribution >= 0.6 is 24.0 Å². The van der Waals surface area contributed by atoms with E-state index in [0.717, 1.165) is 5.56 Å². The highest BCUT2D eigenvalue weighted by molar-refractivity contribution is 8.26. The molecule has 0 spiro atoms. The average molecular weight is 421 g/mol.